The minimum Gasteiger partial charge on any atom is -0.480 e. The molecule has 1 aliphatic rings. The van der Waals surface area contributed by atoms with Crippen molar-refractivity contribution in [2.45, 2.75) is 25.4 Å². The summed E-state index contributed by atoms with van der Waals surface area (Å²) in [6, 6.07) is 7.00. The van der Waals surface area contributed by atoms with Crippen LogP contribution in [0.1, 0.15) is 24.9 Å². The number of aliphatic carboxylic acids is 1. The predicted octanol–water partition coefficient (Wildman–Crippen LogP) is 0.549. The molecule has 0 spiro atoms. The Morgan fingerprint density at radius 2 is 2.05 bits per heavy atom. The number of carbonyl (C=O) groups excluding carboxylic acids is 2. The molecule has 1 aromatic carbocycles. The number of imide groups is 1. The van der Waals surface area contributed by atoms with Crippen molar-refractivity contribution in [1.29, 1.82) is 0 Å². The maximum absolute atomic E-state index is 11.8. The van der Waals surface area contributed by atoms with E-state index in [1.54, 1.807) is 37.3 Å². The molecule has 0 radical (unpaired) electrons. The predicted molar refractivity (Wildman–Crippen MR) is 70.8 cm³/mol. The molecule has 0 aliphatic carbocycles. The van der Waals surface area contributed by atoms with Gasteiger partial charge >= 0.3 is 5.97 Å². The first-order valence-corrected chi connectivity index (χ1v) is 6.41. The summed E-state index contributed by atoms with van der Waals surface area (Å²) in [6.45, 7) is 1.69. The van der Waals surface area contributed by atoms with E-state index in [0.29, 0.717) is 12.0 Å². The van der Waals surface area contributed by atoms with Crippen molar-refractivity contribution in [3.63, 3.8) is 0 Å². The summed E-state index contributed by atoms with van der Waals surface area (Å²) < 4.78 is 0. The molecular weight excluding hydrogens is 260 g/mol. The number of carboxylic acids is 1. The van der Waals surface area contributed by atoms with Crippen LogP contribution in [0.4, 0.5) is 0 Å². The maximum atomic E-state index is 11.8. The Hall–Kier alpha value is -2.21. The summed E-state index contributed by atoms with van der Waals surface area (Å²) in [5.74, 6) is -1.98. The van der Waals surface area contributed by atoms with Crippen molar-refractivity contribution >= 4 is 17.8 Å². The van der Waals surface area contributed by atoms with Crippen molar-refractivity contribution < 1.29 is 19.5 Å². The first kappa shape index (κ1) is 14.2. The molecule has 2 amide bonds. The molecule has 6 nitrogen and oxygen atoms in total. The fraction of sp³-hybridized carbons (Fsp3) is 0.357. The van der Waals surface area contributed by atoms with Crippen molar-refractivity contribution in [3.8, 4) is 0 Å². The topological polar surface area (TPSA) is 86.7 Å². The average Bonchev–Trinajstić information content (AvgIpc) is 2.39. The summed E-state index contributed by atoms with van der Waals surface area (Å²) in [4.78, 5) is 36.4. The zero-order chi connectivity index (χ0) is 14.7. The highest BCUT2D eigenvalue weighted by molar-refractivity contribution is 6.01. The Kier molecular flexibility index (Phi) is 4.14. The molecule has 20 heavy (non-hydrogen) atoms. The van der Waals surface area contributed by atoms with Crippen molar-refractivity contribution in [2.75, 3.05) is 6.54 Å². The van der Waals surface area contributed by atoms with Gasteiger partial charge in [0.25, 0.3) is 0 Å². The van der Waals surface area contributed by atoms with Gasteiger partial charge < -0.3 is 5.11 Å². The van der Waals surface area contributed by atoms with E-state index in [1.807, 2.05) is 0 Å². The number of piperazine rings is 1. The number of carbonyl (C=O) groups is 3. The number of hydrogen-bond acceptors (Lipinski definition) is 4. The van der Waals surface area contributed by atoms with Crippen LogP contribution >= 0.6 is 0 Å². The smallest absolute Gasteiger partial charge is 0.325 e. The lowest BCUT2D eigenvalue weighted by Crippen LogP contribution is -2.59. The fourth-order valence-electron chi connectivity index (χ4n) is 2.49. The third kappa shape index (κ3) is 2.70. The largest absolute Gasteiger partial charge is 0.480 e. The highest BCUT2D eigenvalue weighted by Gasteiger charge is 2.40. The lowest BCUT2D eigenvalue weighted by atomic mass is 10.00. The minimum absolute atomic E-state index is 0.101. The number of carboxylic acid groups (broad SMARTS) is 1. The van der Waals surface area contributed by atoms with Gasteiger partial charge in [-0.2, -0.15) is 0 Å². The van der Waals surface area contributed by atoms with Crippen LogP contribution in [0, 0.1) is 0 Å². The Morgan fingerprint density at radius 1 is 1.40 bits per heavy atom. The average molecular weight is 276 g/mol. The standard InChI is InChI=1S/C14H16N2O4/c1-2-10-13(18)15-11(17)8-16(10)12(14(19)20)9-6-4-3-5-7-9/h3-7,10,12H,2,8H2,1H3,(H,19,20)(H,15,17,18). The summed E-state index contributed by atoms with van der Waals surface area (Å²) in [5, 5.41) is 11.7. The van der Waals surface area contributed by atoms with Crippen LogP contribution in [0.5, 0.6) is 0 Å². The molecule has 0 saturated carbocycles. The second-order valence-corrected chi connectivity index (χ2v) is 4.66. The van der Waals surface area contributed by atoms with Crippen LogP contribution in [-0.2, 0) is 14.4 Å². The van der Waals surface area contributed by atoms with Gasteiger partial charge in [-0.05, 0) is 12.0 Å². The van der Waals surface area contributed by atoms with Gasteiger partial charge in [-0.3, -0.25) is 24.6 Å². The summed E-state index contributed by atoms with van der Waals surface area (Å²) in [7, 11) is 0. The number of nitrogens with zero attached hydrogens (tertiary/aromatic N) is 1. The molecule has 106 valence electrons. The minimum atomic E-state index is -1.07. The van der Waals surface area contributed by atoms with E-state index in [9.17, 15) is 19.5 Å². The van der Waals surface area contributed by atoms with Crippen molar-refractivity contribution in [2.24, 2.45) is 0 Å². The number of rotatable bonds is 4. The Balaban J connectivity index is 2.39. The SMILES string of the molecule is CCC1C(=O)NC(=O)CN1C(C(=O)O)c1ccccc1. The monoisotopic (exact) mass is 276 g/mol. The Labute approximate surface area is 116 Å². The van der Waals surface area contributed by atoms with Crippen LogP contribution < -0.4 is 5.32 Å². The number of benzene rings is 1. The third-order valence-electron chi connectivity index (χ3n) is 3.36. The van der Waals surface area contributed by atoms with E-state index in [2.05, 4.69) is 5.32 Å². The van der Waals surface area contributed by atoms with Gasteiger partial charge in [-0.1, -0.05) is 37.3 Å². The van der Waals surface area contributed by atoms with Gasteiger partial charge in [0.05, 0.1) is 12.6 Å². The quantitative estimate of drug-likeness (QED) is 0.784. The van der Waals surface area contributed by atoms with Gasteiger partial charge in [0.15, 0.2) is 0 Å². The number of nitrogens with one attached hydrogen (secondary N) is 1. The molecule has 6 heteroatoms. The summed E-state index contributed by atoms with van der Waals surface area (Å²) >= 11 is 0. The zero-order valence-electron chi connectivity index (χ0n) is 11.1. The van der Waals surface area contributed by atoms with Crippen LogP contribution in [-0.4, -0.2) is 40.4 Å². The molecule has 0 bridgehead atoms. The van der Waals surface area contributed by atoms with Crippen LogP contribution in [0.3, 0.4) is 0 Å². The molecule has 1 aliphatic heterocycles. The van der Waals surface area contributed by atoms with E-state index in [1.165, 1.54) is 4.90 Å². The highest BCUT2D eigenvalue weighted by Crippen LogP contribution is 2.26. The van der Waals surface area contributed by atoms with E-state index in [0.717, 1.165) is 0 Å². The molecule has 1 heterocycles. The molecular formula is C14H16N2O4. The van der Waals surface area contributed by atoms with Crippen LogP contribution in [0.15, 0.2) is 30.3 Å². The molecule has 1 aromatic rings. The molecule has 1 saturated heterocycles. The first-order valence-electron chi connectivity index (χ1n) is 6.41. The molecule has 2 N–H and O–H groups in total. The Morgan fingerprint density at radius 3 is 2.60 bits per heavy atom. The summed E-state index contributed by atoms with van der Waals surface area (Å²) in [5.41, 5.74) is 0.556. The third-order valence-corrected chi connectivity index (χ3v) is 3.36. The van der Waals surface area contributed by atoms with E-state index in [4.69, 9.17) is 0 Å². The second kappa shape index (κ2) is 5.83. The maximum Gasteiger partial charge on any atom is 0.325 e. The Bertz CT molecular complexity index is 529. The lowest BCUT2D eigenvalue weighted by molar-refractivity contribution is -0.150. The molecule has 1 fully saturated rings. The van der Waals surface area contributed by atoms with E-state index in [-0.39, 0.29) is 6.54 Å². The fourth-order valence-corrected chi connectivity index (χ4v) is 2.49. The van der Waals surface area contributed by atoms with Crippen LogP contribution in [0.25, 0.3) is 0 Å². The molecule has 0 aromatic heterocycles. The molecule has 2 rings (SSSR count). The van der Waals surface area contributed by atoms with Crippen molar-refractivity contribution in [1.82, 2.24) is 10.2 Å². The highest BCUT2D eigenvalue weighted by atomic mass is 16.4. The van der Waals surface area contributed by atoms with Crippen molar-refractivity contribution in [3.05, 3.63) is 35.9 Å². The summed E-state index contributed by atoms with van der Waals surface area (Å²) in [6.07, 6.45) is 0.440. The zero-order valence-corrected chi connectivity index (χ0v) is 11.1. The van der Waals surface area contributed by atoms with E-state index < -0.39 is 29.9 Å². The molecule has 2 atom stereocenters. The van der Waals surface area contributed by atoms with Gasteiger partial charge in [-0.15, -0.1) is 0 Å². The van der Waals surface area contributed by atoms with Gasteiger partial charge in [0.2, 0.25) is 11.8 Å². The van der Waals surface area contributed by atoms with Gasteiger partial charge in [0.1, 0.15) is 6.04 Å². The second-order valence-electron chi connectivity index (χ2n) is 4.66. The number of hydrogen-bond donors (Lipinski definition) is 2. The molecule has 2 unspecified atom stereocenters. The lowest BCUT2D eigenvalue weighted by Gasteiger charge is -2.37. The van der Waals surface area contributed by atoms with Crippen LogP contribution in [0.2, 0.25) is 0 Å². The number of amides is 2. The first-order chi connectivity index (χ1) is 9.54. The normalized spacial score (nSPS) is 21.4. The van der Waals surface area contributed by atoms with Gasteiger partial charge in [-0.25, -0.2) is 0 Å². The van der Waals surface area contributed by atoms with E-state index >= 15 is 0 Å². The van der Waals surface area contributed by atoms with Gasteiger partial charge in [0, 0.05) is 0 Å².